The Labute approximate surface area is 70.0 Å². The van der Waals surface area contributed by atoms with E-state index in [1.807, 2.05) is 0 Å². The summed E-state index contributed by atoms with van der Waals surface area (Å²) in [5, 5.41) is 8.59. The number of nitrogens with zero attached hydrogens (tertiary/aromatic N) is 1. The molecule has 0 amide bonds. The number of nitrogens with two attached hydrogens (primary N) is 1. The molecule has 3 N–H and O–H groups in total. The van der Waals surface area contributed by atoms with E-state index in [0.29, 0.717) is 0 Å². The highest BCUT2D eigenvalue weighted by atomic mass is 16.4. The first-order chi connectivity index (χ1) is 5.61. The molecule has 0 aromatic carbocycles. The third-order valence-corrected chi connectivity index (χ3v) is 1.53. The van der Waals surface area contributed by atoms with E-state index < -0.39 is 5.97 Å². The summed E-state index contributed by atoms with van der Waals surface area (Å²) in [6, 6.07) is 3.02. The van der Waals surface area contributed by atoms with Crippen LogP contribution in [0.1, 0.15) is 29.0 Å². The standard InChI is InChI=1S/C8H10N2O2/c1-5(9)6-2-3-10-7(4-6)8(11)12/h2-5H,9H2,1H3,(H,11,12)/t5-/m0/s1. The molecule has 1 rings (SSSR count). The minimum Gasteiger partial charge on any atom is -0.477 e. The molecule has 0 fully saturated rings. The van der Waals surface area contributed by atoms with Gasteiger partial charge >= 0.3 is 5.97 Å². The van der Waals surface area contributed by atoms with Crippen molar-refractivity contribution in [3.63, 3.8) is 0 Å². The summed E-state index contributed by atoms with van der Waals surface area (Å²) in [5.74, 6) is -1.03. The van der Waals surface area contributed by atoms with E-state index in [0.717, 1.165) is 5.56 Å². The molecule has 1 atom stereocenters. The lowest BCUT2D eigenvalue weighted by atomic mass is 10.1. The maximum atomic E-state index is 10.5. The number of carboxylic acids is 1. The lowest BCUT2D eigenvalue weighted by Crippen LogP contribution is -2.07. The highest BCUT2D eigenvalue weighted by Crippen LogP contribution is 2.09. The number of carboxylic acid groups (broad SMARTS) is 1. The van der Waals surface area contributed by atoms with Crippen molar-refractivity contribution in [3.8, 4) is 0 Å². The maximum Gasteiger partial charge on any atom is 0.354 e. The first-order valence-corrected chi connectivity index (χ1v) is 3.56. The largest absolute Gasteiger partial charge is 0.477 e. The van der Waals surface area contributed by atoms with Crippen LogP contribution in [-0.2, 0) is 0 Å². The van der Waals surface area contributed by atoms with E-state index in [1.165, 1.54) is 12.3 Å². The Bertz CT molecular complexity index is 297. The molecule has 64 valence electrons. The van der Waals surface area contributed by atoms with Crippen molar-refractivity contribution in [1.29, 1.82) is 0 Å². The summed E-state index contributed by atoms with van der Waals surface area (Å²) in [7, 11) is 0. The van der Waals surface area contributed by atoms with E-state index in [1.54, 1.807) is 13.0 Å². The Morgan fingerprint density at radius 3 is 2.92 bits per heavy atom. The second-order valence-electron chi connectivity index (χ2n) is 2.57. The fraction of sp³-hybridized carbons (Fsp3) is 0.250. The molecule has 1 aromatic rings. The third-order valence-electron chi connectivity index (χ3n) is 1.53. The van der Waals surface area contributed by atoms with Gasteiger partial charge in [-0.15, -0.1) is 0 Å². The summed E-state index contributed by atoms with van der Waals surface area (Å²) in [6.07, 6.45) is 1.45. The van der Waals surface area contributed by atoms with Gasteiger partial charge in [-0.1, -0.05) is 0 Å². The highest BCUT2D eigenvalue weighted by Gasteiger charge is 2.06. The van der Waals surface area contributed by atoms with Crippen molar-refractivity contribution in [2.24, 2.45) is 5.73 Å². The van der Waals surface area contributed by atoms with Crippen molar-refractivity contribution in [2.75, 3.05) is 0 Å². The normalized spacial score (nSPS) is 12.5. The minimum atomic E-state index is -1.03. The molecule has 0 saturated heterocycles. The number of aromatic nitrogens is 1. The van der Waals surface area contributed by atoms with Crippen molar-refractivity contribution in [2.45, 2.75) is 13.0 Å². The van der Waals surface area contributed by atoms with Crippen LogP contribution in [0.3, 0.4) is 0 Å². The molecule has 0 saturated carbocycles. The summed E-state index contributed by atoms with van der Waals surface area (Å²) >= 11 is 0. The molecule has 0 bridgehead atoms. The van der Waals surface area contributed by atoms with Gasteiger partial charge in [0.25, 0.3) is 0 Å². The first-order valence-electron chi connectivity index (χ1n) is 3.56. The van der Waals surface area contributed by atoms with E-state index in [2.05, 4.69) is 4.98 Å². The van der Waals surface area contributed by atoms with Crippen LogP contribution in [0.15, 0.2) is 18.3 Å². The molecule has 0 aliphatic rings. The van der Waals surface area contributed by atoms with Crippen molar-refractivity contribution in [3.05, 3.63) is 29.6 Å². The van der Waals surface area contributed by atoms with Gasteiger partial charge in [0.2, 0.25) is 0 Å². The molecule has 0 aliphatic carbocycles. The van der Waals surface area contributed by atoms with Crippen LogP contribution in [0, 0.1) is 0 Å². The van der Waals surface area contributed by atoms with Crippen LogP contribution in [0.2, 0.25) is 0 Å². The van der Waals surface area contributed by atoms with Crippen LogP contribution in [0.4, 0.5) is 0 Å². The Hall–Kier alpha value is -1.42. The van der Waals surface area contributed by atoms with Crippen LogP contribution >= 0.6 is 0 Å². The third kappa shape index (κ3) is 1.79. The SMILES string of the molecule is C[C@H](N)c1ccnc(C(=O)O)c1. The number of rotatable bonds is 2. The van der Waals surface area contributed by atoms with Crippen molar-refractivity contribution in [1.82, 2.24) is 4.98 Å². The van der Waals surface area contributed by atoms with Crippen LogP contribution < -0.4 is 5.73 Å². The van der Waals surface area contributed by atoms with Gasteiger partial charge in [0, 0.05) is 12.2 Å². The fourth-order valence-electron chi connectivity index (χ4n) is 0.847. The van der Waals surface area contributed by atoms with E-state index in [4.69, 9.17) is 10.8 Å². The molecule has 4 heteroatoms. The van der Waals surface area contributed by atoms with Crippen LogP contribution in [0.25, 0.3) is 0 Å². The zero-order valence-electron chi connectivity index (χ0n) is 6.69. The Morgan fingerprint density at radius 1 is 1.75 bits per heavy atom. The van der Waals surface area contributed by atoms with Gasteiger partial charge < -0.3 is 10.8 Å². The van der Waals surface area contributed by atoms with Gasteiger partial charge in [0.05, 0.1) is 0 Å². The first kappa shape index (κ1) is 8.67. The topological polar surface area (TPSA) is 76.2 Å². The fourth-order valence-corrected chi connectivity index (χ4v) is 0.847. The second kappa shape index (κ2) is 3.32. The van der Waals surface area contributed by atoms with Gasteiger partial charge in [-0.3, -0.25) is 0 Å². The molecule has 0 spiro atoms. The van der Waals surface area contributed by atoms with Gasteiger partial charge in [-0.25, -0.2) is 9.78 Å². The molecular weight excluding hydrogens is 156 g/mol. The zero-order valence-corrected chi connectivity index (χ0v) is 6.69. The maximum absolute atomic E-state index is 10.5. The Morgan fingerprint density at radius 2 is 2.42 bits per heavy atom. The Balaban J connectivity index is 3.04. The highest BCUT2D eigenvalue weighted by molar-refractivity contribution is 5.85. The zero-order chi connectivity index (χ0) is 9.14. The molecule has 1 aromatic heterocycles. The lowest BCUT2D eigenvalue weighted by Gasteiger charge is -2.04. The second-order valence-corrected chi connectivity index (χ2v) is 2.57. The van der Waals surface area contributed by atoms with Gasteiger partial charge in [0.15, 0.2) is 0 Å². The predicted molar refractivity (Wildman–Crippen MR) is 43.8 cm³/mol. The summed E-state index contributed by atoms with van der Waals surface area (Å²) in [5.41, 5.74) is 6.37. The predicted octanol–water partition coefficient (Wildman–Crippen LogP) is 0.800. The van der Waals surface area contributed by atoms with Gasteiger partial charge in [-0.2, -0.15) is 0 Å². The smallest absolute Gasteiger partial charge is 0.354 e. The number of hydrogen-bond donors (Lipinski definition) is 2. The van der Waals surface area contributed by atoms with E-state index in [9.17, 15) is 4.79 Å². The van der Waals surface area contributed by atoms with Crippen molar-refractivity contribution >= 4 is 5.97 Å². The summed E-state index contributed by atoms with van der Waals surface area (Å²) in [6.45, 7) is 1.79. The van der Waals surface area contributed by atoms with E-state index >= 15 is 0 Å². The molecule has 0 unspecified atom stereocenters. The Kier molecular flexibility index (Phi) is 2.40. The summed E-state index contributed by atoms with van der Waals surface area (Å²) < 4.78 is 0. The lowest BCUT2D eigenvalue weighted by molar-refractivity contribution is 0.0690. The van der Waals surface area contributed by atoms with Crippen LogP contribution in [0.5, 0.6) is 0 Å². The number of hydrogen-bond acceptors (Lipinski definition) is 3. The molecule has 4 nitrogen and oxygen atoms in total. The molecule has 12 heavy (non-hydrogen) atoms. The van der Waals surface area contributed by atoms with Gasteiger partial charge in [0.1, 0.15) is 5.69 Å². The molecule has 0 aliphatic heterocycles. The summed E-state index contributed by atoms with van der Waals surface area (Å²) in [4.78, 5) is 14.1. The van der Waals surface area contributed by atoms with E-state index in [-0.39, 0.29) is 11.7 Å². The minimum absolute atomic E-state index is 0.0322. The van der Waals surface area contributed by atoms with Crippen LogP contribution in [-0.4, -0.2) is 16.1 Å². The average molecular weight is 166 g/mol. The number of pyridine rings is 1. The quantitative estimate of drug-likeness (QED) is 0.681. The van der Waals surface area contributed by atoms with Gasteiger partial charge in [-0.05, 0) is 24.6 Å². The van der Waals surface area contributed by atoms with Crippen molar-refractivity contribution < 1.29 is 9.90 Å². The molecule has 0 radical (unpaired) electrons. The number of carbonyl (C=O) groups is 1. The molecule has 1 heterocycles. The number of aromatic carboxylic acids is 1. The monoisotopic (exact) mass is 166 g/mol. The molecular formula is C8H10N2O2. The average Bonchev–Trinajstić information content (AvgIpc) is 2.04.